The van der Waals surface area contributed by atoms with Crippen molar-refractivity contribution in [2.45, 2.75) is 26.4 Å². The van der Waals surface area contributed by atoms with Crippen LogP contribution in [-0.2, 0) is 23.1 Å². The number of carbonyl (C=O) groups is 1. The van der Waals surface area contributed by atoms with E-state index in [2.05, 4.69) is 0 Å². The summed E-state index contributed by atoms with van der Waals surface area (Å²) in [5, 5.41) is 0. The third-order valence-electron chi connectivity index (χ3n) is 2.64. The topological polar surface area (TPSA) is 61.8 Å². The summed E-state index contributed by atoms with van der Waals surface area (Å²) in [6, 6.07) is 5.59. The van der Waals surface area contributed by atoms with E-state index in [4.69, 9.17) is 13.8 Å². The van der Waals surface area contributed by atoms with Crippen molar-refractivity contribution >= 4 is 13.6 Å². The van der Waals surface area contributed by atoms with E-state index in [-0.39, 0.29) is 25.4 Å². The van der Waals surface area contributed by atoms with Crippen molar-refractivity contribution in [3.8, 4) is 0 Å². The van der Waals surface area contributed by atoms with Crippen molar-refractivity contribution in [3.63, 3.8) is 0 Å². The van der Waals surface area contributed by atoms with Gasteiger partial charge in [-0.3, -0.25) is 9.36 Å². The molecule has 7 heteroatoms. The summed E-state index contributed by atoms with van der Waals surface area (Å²) in [6.07, 6.45) is 0. The van der Waals surface area contributed by atoms with E-state index in [9.17, 15) is 13.8 Å². The largest absolute Gasteiger partial charge is 0.465 e. The Kier molecular flexibility index (Phi) is 7.02. The lowest BCUT2D eigenvalue weighted by Gasteiger charge is -2.25. The summed E-state index contributed by atoms with van der Waals surface area (Å²) < 4.78 is 42.1. The van der Waals surface area contributed by atoms with Crippen LogP contribution in [0.2, 0.25) is 0 Å². The van der Waals surface area contributed by atoms with Crippen LogP contribution >= 0.6 is 7.60 Å². The van der Waals surface area contributed by atoms with Crippen molar-refractivity contribution in [3.05, 3.63) is 35.6 Å². The van der Waals surface area contributed by atoms with Gasteiger partial charge in [0.15, 0.2) is 5.66 Å². The van der Waals surface area contributed by atoms with Crippen LogP contribution in [0.4, 0.5) is 4.39 Å². The molecule has 0 aromatic heterocycles. The van der Waals surface area contributed by atoms with Gasteiger partial charge in [-0.15, -0.1) is 0 Å². The average molecular weight is 318 g/mol. The van der Waals surface area contributed by atoms with Gasteiger partial charge in [-0.2, -0.15) is 0 Å². The molecule has 0 aliphatic heterocycles. The van der Waals surface area contributed by atoms with E-state index in [1.165, 1.54) is 18.2 Å². The van der Waals surface area contributed by atoms with Gasteiger partial charge in [-0.25, -0.2) is 4.39 Å². The molecule has 0 N–H and O–H groups in total. The van der Waals surface area contributed by atoms with E-state index >= 15 is 0 Å². The summed E-state index contributed by atoms with van der Waals surface area (Å²) in [4.78, 5) is 12.2. The number of ether oxygens (including phenoxy) is 1. The smallest absolute Gasteiger partial charge is 0.349 e. The summed E-state index contributed by atoms with van der Waals surface area (Å²) in [6.45, 7) is 5.08. The highest BCUT2D eigenvalue weighted by molar-refractivity contribution is 7.55. The minimum Gasteiger partial charge on any atom is -0.465 e. The maximum absolute atomic E-state index is 14.0. The Morgan fingerprint density at radius 2 is 1.71 bits per heavy atom. The molecule has 0 spiro atoms. The molecule has 1 atom stereocenters. The Labute approximate surface area is 123 Å². The molecular weight excluding hydrogens is 298 g/mol. The van der Waals surface area contributed by atoms with E-state index in [0.29, 0.717) is 0 Å². The molecule has 0 heterocycles. The molecule has 1 aromatic carbocycles. The van der Waals surface area contributed by atoms with Gasteiger partial charge in [0.25, 0.3) is 0 Å². The van der Waals surface area contributed by atoms with E-state index in [1.54, 1.807) is 26.8 Å². The van der Waals surface area contributed by atoms with Gasteiger partial charge in [0.05, 0.1) is 19.8 Å². The predicted octanol–water partition coefficient (Wildman–Crippen LogP) is 3.70. The van der Waals surface area contributed by atoms with Crippen molar-refractivity contribution in [1.29, 1.82) is 0 Å². The molecular formula is C14H20FO5P. The summed E-state index contributed by atoms with van der Waals surface area (Å²) in [7, 11) is -3.88. The number of rotatable bonds is 8. The minimum absolute atomic E-state index is 0.0545. The number of hydrogen-bond donors (Lipinski definition) is 0. The molecule has 0 amide bonds. The van der Waals surface area contributed by atoms with Crippen molar-refractivity contribution in [2.75, 3.05) is 19.8 Å². The number of benzene rings is 1. The standard InChI is InChI=1S/C14H20FO5P/c1-4-18-14(16)13(11-9-7-8-10-12(11)15)21(17,19-5-2)20-6-3/h7-10,13H,4-6H2,1-3H3/t13-/m1/s1. The summed E-state index contributed by atoms with van der Waals surface area (Å²) in [5.74, 6) is -1.48. The van der Waals surface area contributed by atoms with Gasteiger partial charge in [-0.1, -0.05) is 18.2 Å². The first kappa shape index (κ1) is 17.8. The summed E-state index contributed by atoms with van der Waals surface area (Å²) >= 11 is 0. The molecule has 0 radical (unpaired) electrons. The molecule has 0 saturated heterocycles. The fourth-order valence-electron chi connectivity index (χ4n) is 1.89. The zero-order valence-corrected chi connectivity index (χ0v) is 13.3. The lowest BCUT2D eigenvalue weighted by Crippen LogP contribution is -2.20. The maximum Gasteiger partial charge on any atom is 0.349 e. The predicted molar refractivity (Wildman–Crippen MR) is 76.6 cm³/mol. The number of carbonyl (C=O) groups excluding carboxylic acids is 1. The third kappa shape index (κ3) is 4.37. The Morgan fingerprint density at radius 3 is 2.19 bits per heavy atom. The second kappa shape index (κ2) is 8.27. The van der Waals surface area contributed by atoms with Gasteiger partial charge in [0, 0.05) is 5.56 Å². The normalized spacial score (nSPS) is 13.0. The van der Waals surface area contributed by atoms with Crippen LogP contribution in [0.1, 0.15) is 32.0 Å². The quantitative estimate of drug-likeness (QED) is 0.540. The number of halogens is 1. The van der Waals surface area contributed by atoms with Crippen LogP contribution in [0.25, 0.3) is 0 Å². The fourth-order valence-corrected chi connectivity index (χ4v) is 3.87. The zero-order chi connectivity index (χ0) is 15.9. The first-order valence-corrected chi connectivity index (χ1v) is 8.41. The molecule has 1 aromatic rings. The molecule has 0 aliphatic rings. The van der Waals surface area contributed by atoms with Crippen LogP contribution in [0.3, 0.4) is 0 Å². The third-order valence-corrected chi connectivity index (χ3v) is 5.00. The zero-order valence-electron chi connectivity index (χ0n) is 12.4. The first-order chi connectivity index (χ1) is 10.00. The fraction of sp³-hybridized carbons (Fsp3) is 0.500. The highest BCUT2D eigenvalue weighted by atomic mass is 31.2. The Hall–Kier alpha value is -1.23. The van der Waals surface area contributed by atoms with E-state index < -0.39 is 25.0 Å². The second-order valence-corrected chi connectivity index (χ2v) is 6.16. The van der Waals surface area contributed by atoms with Crippen LogP contribution in [0.5, 0.6) is 0 Å². The van der Waals surface area contributed by atoms with Crippen LogP contribution in [0, 0.1) is 5.82 Å². The Bertz CT molecular complexity index is 510. The lowest BCUT2D eigenvalue weighted by atomic mass is 10.1. The lowest BCUT2D eigenvalue weighted by molar-refractivity contribution is -0.143. The molecule has 0 fully saturated rings. The molecule has 1 rings (SSSR count). The SMILES string of the molecule is CCOC(=O)[C@@H](c1ccccc1F)P(=O)(OCC)OCC. The highest BCUT2D eigenvalue weighted by Gasteiger charge is 2.44. The average Bonchev–Trinajstić information content (AvgIpc) is 2.42. The van der Waals surface area contributed by atoms with Crippen LogP contribution in [0.15, 0.2) is 24.3 Å². The molecule has 5 nitrogen and oxygen atoms in total. The van der Waals surface area contributed by atoms with E-state index in [0.717, 1.165) is 0 Å². The Balaban J connectivity index is 3.33. The number of esters is 1. The van der Waals surface area contributed by atoms with E-state index in [1.807, 2.05) is 0 Å². The van der Waals surface area contributed by atoms with Crippen LogP contribution in [-0.4, -0.2) is 25.8 Å². The van der Waals surface area contributed by atoms with Crippen molar-refractivity contribution in [2.24, 2.45) is 0 Å². The van der Waals surface area contributed by atoms with Crippen LogP contribution < -0.4 is 0 Å². The van der Waals surface area contributed by atoms with Crippen molar-refractivity contribution in [1.82, 2.24) is 0 Å². The molecule has 0 bridgehead atoms. The highest BCUT2D eigenvalue weighted by Crippen LogP contribution is 2.61. The maximum atomic E-state index is 14.0. The Morgan fingerprint density at radius 1 is 1.14 bits per heavy atom. The first-order valence-electron chi connectivity index (χ1n) is 6.80. The molecule has 0 saturated carbocycles. The van der Waals surface area contributed by atoms with Gasteiger partial charge >= 0.3 is 13.6 Å². The second-order valence-electron chi connectivity index (χ2n) is 4.05. The molecule has 21 heavy (non-hydrogen) atoms. The molecule has 118 valence electrons. The number of hydrogen-bond acceptors (Lipinski definition) is 5. The van der Waals surface area contributed by atoms with Gasteiger partial charge in [0.1, 0.15) is 5.82 Å². The van der Waals surface area contributed by atoms with Crippen molar-refractivity contribution < 1.29 is 27.5 Å². The molecule has 0 unspecified atom stereocenters. The monoisotopic (exact) mass is 318 g/mol. The summed E-state index contributed by atoms with van der Waals surface area (Å²) in [5.41, 5.74) is -1.49. The van der Waals surface area contributed by atoms with Gasteiger partial charge in [0.2, 0.25) is 0 Å². The minimum atomic E-state index is -3.88. The van der Waals surface area contributed by atoms with Gasteiger partial charge in [-0.05, 0) is 26.8 Å². The molecule has 0 aliphatic carbocycles. The van der Waals surface area contributed by atoms with Gasteiger partial charge < -0.3 is 13.8 Å².